The van der Waals surface area contributed by atoms with Gasteiger partial charge in [0.2, 0.25) is 5.91 Å². The lowest BCUT2D eigenvalue weighted by Crippen LogP contribution is -2.59. The molecule has 2 rings (SSSR count). The number of aromatic hydroxyl groups is 1. The third-order valence-electron chi connectivity index (χ3n) is 4.29. The maximum absolute atomic E-state index is 11.6. The molecule has 7 nitrogen and oxygen atoms in total. The average Bonchev–Trinajstić information content (AvgIpc) is 2.58. The van der Waals surface area contributed by atoms with Gasteiger partial charge in [-0.25, -0.2) is 0 Å². The van der Waals surface area contributed by atoms with Gasteiger partial charge in [0.1, 0.15) is 5.75 Å². The molecule has 1 heterocycles. The van der Waals surface area contributed by atoms with Crippen LogP contribution in [0.25, 0.3) is 0 Å². The molecule has 1 aromatic carbocycles. The first-order valence-corrected chi connectivity index (χ1v) is 9.34. The molecule has 4 N–H and O–H groups in total. The molecule has 0 unspecified atom stereocenters. The van der Waals surface area contributed by atoms with Crippen molar-refractivity contribution in [3.8, 4) is 5.75 Å². The Morgan fingerprint density at radius 2 is 2.19 bits per heavy atom. The fourth-order valence-corrected chi connectivity index (χ4v) is 2.98. The van der Waals surface area contributed by atoms with Gasteiger partial charge in [0.05, 0.1) is 31.4 Å². The van der Waals surface area contributed by atoms with Crippen LogP contribution in [0.2, 0.25) is 0 Å². The second kappa shape index (κ2) is 9.50. The van der Waals surface area contributed by atoms with Gasteiger partial charge in [-0.2, -0.15) is 0 Å². The number of ether oxygens (including phenoxy) is 2. The third-order valence-corrected chi connectivity index (χ3v) is 4.29. The van der Waals surface area contributed by atoms with Crippen LogP contribution >= 0.6 is 0 Å². The molecule has 7 heteroatoms. The zero-order valence-corrected chi connectivity index (χ0v) is 16.6. The number of benzene rings is 1. The van der Waals surface area contributed by atoms with Crippen LogP contribution in [-0.2, 0) is 20.7 Å². The standard InChI is InChI=1S/C20H32N2O5/c1-13(23)22-16(9-14-6-5-7-15(24)8-14)19(25)17-11-26-18(10-21-17)27-12-20(2,3)4/h5-8,16-19,21,24-25H,9-12H2,1-4H3,(H,22,23)/t16-,17+,18-,19-/m0/s1. The molecule has 1 aliphatic rings. The van der Waals surface area contributed by atoms with Crippen molar-refractivity contribution >= 4 is 5.91 Å². The number of phenols is 1. The predicted octanol–water partition coefficient (Wildman–Crippen LogP) is 1.18. The van der Waals surface area contributed by atoms with Gasteiger partial charge >= 0.3 is 0 Å². The van der Waals surface area contributed by atoms with Gasteiger partial charge in [0.15, 0.2) is 6.29 Å². The molecule has 0 aromatic heterocycles. The highest BCUT2D eigenvalue weighted by Crippen LogP contribution is 2.18. The van der Waals surface area contributed by atoms with E-state index in [2.05, 4.69) is 31.4 Å². The van der Waals surface area contributed by atoms with E-state index in [0.717, 1.165) is 5.56 Å². The first-order chi connectivity index (χ1) is 12.6. The van der Waals surface area contributed by atoms with Crippen LogP contribution in [0.4, 0.5) is 0 Å². The number of carbonyl (C=O) groups excluding carboxylic acids is 1. The lowest BCUT2D eigenvalue weighted by molar-refractivity contribution is -0.182. The Labute approximate surface area is 161 Å². The normalized spacial score (nSPS) is 22.9. The number of phenolic OH excluding ortho intramolecular Hbond substituents is 1. The smallest absolute Gasteiger partial charge is 0.217 e. The Bertz CT molecular complexity index is 609. The fourth-order valence-electron chi connectivity index (χ4n) is 2.98. The SMILES string of the molecule is CC(=O)N[C@@H](Cc1cccc(O)c1)[C@H](O)[C@H]1CO[C@@H](OCC(C)(C)C)CN1. The lowest BCUT2D eigenvalue weighted by atomic mass is 9.95. The minimum Gasteiger partial charge on any atom is -0.508 e. The number of carbonyl (C=O) groups is 1. The van der Waals surface area contributed by atoms with E-state index in [1.165, 1.54) is 6.92 Å². The van der Waals surface area contributed by atoms with Crippen molar-refractivity contribution in [1.82, 2.24) is 10.6 Å². The van der Waals surface area contributed by atoms with Crippen LogP contribution in [0.5, 0.6) is 5.75 Å². The van der Waals surface area contributed by atoms with E-state index in [1.807, 2.05) is 6.07 Å². The number of nitrogens with one attached hydrogen (secondary N) is 2. The Kier molecular flexibility index (Phi) is 7.61. The van der Waals surface area contributed by atoms with E-state index in [9.17, 15) is 15.0 Å². The van der Waals surface area contributed by atoms with E-state index in [0.29, 0.717) is 19.6 Å². The molecule has 1 saturated heterocycles. The number of amides is 1. The number of aliphatic hydroxyl groups excluding tert-OH is 1. The quantitative estimate of drug-likeness (QED) is 0.567. The van der Waals surface area contributed by atoms with Crippen LogP contribution in [0.3, 0.4) is 0 Å². The lowest BCUT2D eigenvalue weighted by Gasteiger charge is -2.36. The summed E-state index contributed by atoms with van der Waals surface area (Å²) >= 11 is 0. The first-order valence-electron chi connectivity index (χ1n) is 9.34. The van der Waals surface area contributed by atoms with Gasteiger partial charge in [0.25, 0.3) is 0 Å². The minimum atomic E-state index is -0.847. The molecule has 1 fully saturated rings. The van der Waals surface area contributed by atoms with Crippen molar-refractivity contribution in [3.63, 3.8) is 0 Å². The summed E-state index contributed by atoms with van der Waals surface area (Å²) in [5, 5.41) is 26.5. The molecule has 1 amide bonds. The molecule has 0 bridgehead atoms. The molecule has 27 heavy (non-hydrogen) atoms. The molecular weight excluding hydrogens is 348 g/mol. The summed E-state index contributed by atoms with van der Waals surface area (Å²) in [5.74, 6) is -0.0659. The van der Waals surface area contributed by atoms with E-state index in [-0.39, 0.29) is 36.0 Å². The van der Waals surface area contributed by atoms with Crippen LogP contribution in [0.15, 0.2) is 24.3 Å². The fraction of sp³-hybridized carbons (Fsp3) is 0.650. The largest absolute Gasteiger partial charge is 0.508 e. The highest BCUT2D eigenvalue weighted by atomic mass is 16.7. The molecule has 152 valence electrons. The highest BCUT2D eigenvalue weighted by molar-refractivity contribution is 5.73. The summed E-state index contributed by atoms with van der Waals surface area (Å²) in [4.78, 5) is 11.6. The summed E-state index contributed by atoms with van der Waals surface area (Å²) in [6.45, 7) is 9.03. The van der Waals surface area contributed by atoms with Gasteiger partial charge in [-0.1, -0.05) is 32.9 Å². The molecule has 0 radical (unpaired) electrons. The monoisotopic (exact) mass is 380 g/mol. The maximum Gasteiger partial charge on any atom is 0.217 e. The third kappa shape index (κ3) is 7.46. The zero-order chi connectivity index (χ0) is 20.0. The summed E-state index contributed by atoms with van der Waals surface area (Å²) in [6, 6.07) is 5.97. The molecule has 1 aliphatic heterocycles. The van der Waals surface area contributed by atoms with Crippen molar-refractivity contribution in [2.45, 2.75) is 58.6 Å². The number of hydrogen-bond donors (Lipinski definition) is 4. The van der Waals surface area contributed by atoms with Crippen LogP contribution in [0.1, 0.15) is 33.3 Å². The predicted molar refractivity (Wildman–Crippen MR) is 102 cm³/mol. The topological polar surface area (TPSA) is 100 Å². The Balaban J connectivity index is 1.93. The number of morpholine rings is 1. The van der Waals surface area contributed by atoms with Crippen LogP contribution < -0.4 is 10.6 Å². The van der Waals surface area contributed by atoms with E-state index < -0.39 is 12.1 Å². The van der Waals surface area contributed by atoms with E-state index in [1.54, 1.807) is 18.2 Å². The van der Waals surface area contributed by atoms with Gasteiger partial charge in [0, 0.05) is 13.5 Å². The van der Waals surface area contributed by atoms with Gasteiger partial charge in [-0.15, -0.1) is 0 Å². The molecule has 0 spiro atoms. The minimum absolute atomic E-state index is 0.0530. The van der Waals surface area contributed by atoms with Gasteiger partial charge in [-0.3, -0.25) is 4.79 Å². The molecule has 0 saturated carbocycles. The number of aliphatic hydroxyl groups is 1. The molecule has 0 aliphatic carbocycles. The molecule has 1 aromatic rings. The van der Waals surface area contributed by atoms with E-state index in [4.69, 9.17) is 9.47 Å². The number of hydrogen-bond acceptors (Lipinski definition) is 6. The van der Waals surface area contributed by atoms with Crippen LogP contribution in [-0.4, -0.2) is 60.4 Å². The summed E-state index contributed by atoms with van der Waals surface area (Å²) in [6.07, 6.45) is -0.796. The summed E-state index contributed by atoms with van der Waals surface area (Å²) in [7, 11) is 0. The Hall–Kier alpha value is -1.67. The second-order valence-corrected chi connectivity index (χ2v) is 8.32. The van der Waals surface area contributed by atoms with Crippen molar-refractivity contribution in [1.29, 1.82) is 0 Å². The van der Waals surface area contributed by atoms with Gasteiger partial charge in [-0.05, 0) is 29.5 Å². The second-order valence-electron chi connectivity index (χ2n) is 8.32. The zero-order valence-electron chi connectivity index (χ0n) is 16.6. The average molecular weight is 380 g/mol. The van der Waals surface area contributed by atoms with Crippen molar-refractivity contribution < 1.29 is 24.5 Å². The Morgan fingerprint density at radius 1 is 1.44 bits per heavy atom. The molecular formula is C20H32N2O5. The molecule has 4 atom stereocenters. The van der Waals surface area contributed by atoms with E-state index >= 15 is 0 Å². The number of rotatable bonds is 7. The summed E-state index contributed by atoms with van der Waals surface area (Å²) in [5.41, 5.74) is 0.883. The maximum atomic E-state index is 11.6. The highest BCUT2D eigenvalue weighted by Gasteiger charge is 2.33. The Morgan fingerprint density at radius 3 is 2.74 bits per heavy atom. The van der Waals surface area contributed by atoms with Crippen LogP contribution in [0, 0.1) is 5.41 Å². The summed E-state index contributed by atoms with van der Waals surface area (Å²) < 4.78 is 11.5. The van der Waals surface area contributed by atoms with Crippen molar-refractivity contribution in [2.75, 3.05) is 19.8 Å². The van der Waals surface area contributed by atoms with Gasteiger partial charge < -0.3 is 30.3 Å². The van der Waals surface area contributed by atoms with Crippen molar-refractivity contribution in [2.24, 2.45) is 5.41 Å². The first kappa shape index (κ1) is 21.6. The van der Waals surface area contributed by atoms with Crippen molar-refractivity contribution in [3.05, 3.63) is 29.8 Å².